The van der Waals surface area contributed by atoms with E-state index >= 15 is 0 Å². The zero-order valence-corrected chi connectivity index (χ0v) is 83.9. The molecule has 0 radical (unpaired) electrons. The van der Waals surface area contributed by atoms with E-state index in [1.807, 2.05) is 151 Å². The standard InChI is InChI=1S/C26H30N5O7P.C25H28N5O6P.C24H26N5O6P.C21H26N5O6P/c1-17-4-7-19(8-5-17)13-37-39(34,38-14-21(32)20-9-6-18(2)22(12-20)35-3)16-36-11-10-31-15-28-23-24(31)29-26(27)30-25(23)33;1-17-3-7-19(8-4-17)13-35-37(33,36-14-21(31)20-9-5-18(2)6-10-20)16-34-12-11-30-15-27-22-23(30)28-25(26)29-24(22)32;1-17-7-9-18(10-8-17)13-34-36(32,35-14-20(30)19-5-3-2-4-6-19)16-33-12-11-29-15-26-21-22(29)27-24(25)28-23(21)31;1-14-2-4-15(5-3-14)10-31-33(29,32-11-17(27)16-6-7-16)13-30-9-8-26-12-23-18-19(26)24-21(22)25-20(18)28/h4-9,12,15H,10-11,13-14,16H2,1-3H3,(H3,27,29,30,33);3-10,15H,11-14,16H2,1-2H3,(H3,26,28,29,32);2-10,15H,11-14,16H2,1H3,(H3,25,27,28,31);2-5,12,16H,6-11,13H2,1H3,(H3,22,24,25,28). The Hall–Kier alpha value is -13.9. The van der Waals surface area contributed by atoms with Crippen molar-refractivity contribution < 1.29 is 97.3 Å². The van der Waals surface area contributed by atoms with E-state index in [4.69, 9.17) is 82.8 Å². The summed E-state index contributed by atoms with van der Waals surface area (Å²) in [4.78, 5) is 140. The summed E-state index contributed by atoms with van der Waals surface area (Å²) in [7, 11) is -13.6. The fourth-order valence-electron chi connectivity index (χ4n) is 13.5. The molecule has 0 saturated heterocycles. The van der Waals surface area contributed by atoms with Gasteiger partial charge in [0.1, 0.15) is 57.6 Å². The molecule has 15 aromatic rings. The first kappa shape index (κ1) is 108. The number of nitrogens with two attached hydrogens (primary N) is 4. The van der Waals surface area contributed by atoms with Gasteiger partial charge in [0, 0.05) is 48.8 Å². The first-order valence-electron chi connectivity index (χ1n) is 45.3. The smallest absolute Gasteiger partial charge is 0.356 e. The number of Topliss-reactive ketones (excluding diaryl/α,β-unsaturated/α-hetero) is 4. The van der Waals surface area contributed by atoms with E-state index in [1.165, 1.54) is 32.4 Å². The first-order chi connectivity index (χ1) is 69.5. The number of nitrogens with zero attached hydrogens (tertiary/aromatic N) is 12. The summed E-state index contributed by atoms with van der Waals surface area (Å²) in [6.45, 7) is 11.6. The normalized spacial score (nSPS) is 13.6. The Kier molecular flexibility index (Phi) is 38.1. The lowest BCUT2D eigenvalue weighted by atomic mass is 10.1. The quantitative estimate of drug-likeness (QED) is 0.00997. The third-order valence-electron chi connectivity index (χ3n) is 21.9. The van der Waals surface area contributed by atoms with Crippen molar-refractivity contribution in [3.63, 3.8) is 0 Å². The van der Waals surface area contributed by atoms with Crippen LogP contribution < -0.4 is 49.9 Å². The second-order valence-corrected chi connectivity index (χ2v) is 41.4. The molecule has 12 N–H and O–H groups in total. The van der Waals surface area contributed by atoms with Gasteiger partial charge in [-0.2, -0.15) is 19.9 Å². The van der Waals surface area contributed by atoms with Gasteiger partial charge in [-0.25, -0.2) is 19.9 Å². The summed E-state index contributed by atoms with van der Waals surface area (Å²) in [6.07, 6.45) is 6.00. The van der Waals surface area contributed by atoms with Crippen molar-refractivity contribution in [2.75, 3.05) is 108 Å². The fourth-order valence-corrected chi connectivity index (χ4v) is 18.5. The van der Waals surface area contributed by atoms with Crippen molar-refractivity contribution in [2.45, 2.75) is 107 Å². The van der Waals surface area contributed by atoms with Crippen molar-refractivity contribution in [1.82, 2.24) is 78.1 Å². The molecule has 0 spiro atoms. The van der Waals surface area contributed by atoms with Gasteiger partial charge in [0.2, 0.25) is 23.8 Å². The van der Waals surface area contributed by atoms with Gasteiger partial charge in [0.05, 0.1) is 85.3 Å². The van der Waals surface area contributed by atoms with E-state index < -0.39 is 78.8 Å². The molecular weight excluding hydrogens is 1960 g/mol. The summed E-state index contributed by atoms with van der Waals surface area (Å²) < 4.78 is 133. The van der Waals surface area contributed by atoms with Crippen molar-refractivity contribution in [1.29, 1.82) is 0 Å². The molecule has 16 rings (SSSR count). The molecule has 45 nitrogen and oxygen atoms in total. The number of fused-ring (bicyclic) bond motifs is 4. The van der Waals surface area contributed by atoms with Crippen LogP contribution in [0.1, 0.15) is 99.6 Å². The van der Waals surface area contributed by atoms with Crippen molar-refractivity contribution in [2.24, 2.45) is 5.92 Å². The molecule has 8 aromatic heterocycles. The van der Waals surface area contributed by atoms with Crippen LogP contribution in [-0.4, -0.2) is 187 Å². The number of ether oxygens (including phenoxy) is 5. The molecule has 145 heavy (non-hydrogen) atoms. The number of ketones is 4. The molecule has 0 aliphatic heterocycles. The van der Waals surface area contributed by atoms with Gasteiger partial charge in [0.15, 0.2) is 67.8 Å². The van der Waals surface area contributed by atoms with Crippen molar-refractivity contribution in [3.05, 3.63) is 309 Å². The highest BCUT2D eigenvalue weighted by Crippen LogP contribution is 2.53. The number of imidazole rings is 4. The lowest BCUT2D eigenvalue weighted by Gasteiger charge is -2.19. The second-order valence-electron chi connectivity index (χ2n) is 33.4. The minimum atomic E-state index is -3.86. The third-order valence-corrected chi connectivity index (χ3v) is 28.1. The number of aromatic nitrogens is 16. The molecule has 1 saturated carbocycles. The van der Waals surface area contributed by atoms with E-state index in [1.54, 1.807) is 78.9 Å². The zero-order chi connectivity index (χ0) is 103. The molecule has 1 aliphatic carbocycles. The van der Waals surface area contributed by atoms with E-state index in [-0.39, 0.29) is 180 Å². The van der Waals surface area contributed by atoms with Crippen LogP contribution in [0.15, 0.2) is 214 Å². The Morgan fingerprint density at radius 3 is 0.890 bits per heavy atom. The Bertz CT molecular complexity index is 7470. The summed E-state index contributed by atoms with van der Waals surface area (Å²) in [5, 5.41) is 0. The van der Waals surface area contributed by atoms with Gasteiger partial charge in [-0.1, -0.05) is 192 Å². The summed E-state index contributed by atoms with van der Waals surface area (Å²) in [5.41, 5.74) is 33.3. The van der Waals surface area contributed by atoms with Gasteiger partial charge in [-0.15, -0.1) is 0 Å². The maximum absolute atomic E-state index is 13.6. The summed E-state index contributed by atoms with van der Waals surface area (Å²) in [5.74, 6) is -0.652. The molecule has 4 unspecified atom stereocenters. The average Bonchev–Trinajstić information content (AvgIpc) is 1.67. The summed E-state index contributed by atoms with van der Waals surface area (Å²) >= 11 is 0. The van der Waals surface area contributed by atoms with Crippen LogP contribution in [0.4, 0.5) is 23.8 Å². The van der Waals surface area contributed by atoms with E-state index in [9.17, 15) is 56.6 Å². The van der Waals surface area contributed by atoms with Crippen LogP contribution in [0.25, 0.3) is 44.7 Å². The lowest BCUT2D eigenvalue weighted by Crippen LogP contribution is -2.14. The van der Waals surface area contributed by atoms with E-state index in [2.05, 4.69) is 59.8 Å². The maximum Gasteiger partial charge on any atom is 0.356 e. The van der Waals surface area contributed by atoms with Crippen LogP contribution in [0.3, 0.4) is 0 Å². The zero-order valence-electron chi connectivity index (χ0n) is 80.3. The number of hydrogen-bond donors (Lipinski definition) is 8. The Labute approximate surface area is 828 Å². The fraction of sp³-hybridized carbons (Fsp3) is 0.312. The third kappa shape index (κ3) is 32.0. The number of methoxy groups -OCH3 is 1. The molecule has 764 valence electrons. The highest BCUT2D eigenvalue weighted by Gasteiger charge is 2.35. The number of anilines is 4. The molecule has 1 fully saturated rings. The SMILES string of the molecule is COc1cc(C(=O)COP(=O)(COCCn2cnc3c(=O)[nH]c(N)nc32)OCc2ccc(C)cc2)ccc1C.Cc1ccc(COP(=O)(COCCn2cnc3c(=O)[nH]c(N)nc32)OCC(=O)C2CC2)cc1.Cc1ccc(COP(=O)(COCCn2cnc3c(=O)[nH]c(N)nc32)OCC(=O)c2ccc(C)cc2)cc1.Cc1ccc(COP(=O)(COCCn2cnc3c(=O)[nH]c(N)nc32)OCC(=O)c2ccccc2)cc1. The van der Waals surface area contributed by atoms with E-state index in [0.29, 0.717) is 45.0 Å². The van der Waals surface area contributed by atoms with Crippen LogP contribution in [-0.2, 0) is 131 Å². The summed E-state index contributed by atoms with van der Waals surface area (Å²) in [6, 6.07) is 50.9. The predicted molar refractivity (Wildman–Crippen MR) is 538 cm³/mol. The van der Waals surface area contributed by atoms with Crippen LogP contribution in [0.5, 0.6) is 5.75 Å². The van der Waals surface area contributed by atoms with Gasteiger partial charge < -0.3 is 83.0 Å². The van der Waals surface area contributed by atoms with Gasteiger partial charge in [0.25, 0.3) is 22.2 Å². The van der Waals surface area contributed by atoms with Crippen molar-refractivity contribution >= 4 is 122 Å². The highest BCUT2D eigenvalue weighted by atomic mass is 31.2. The van der Waals surface area contributed by atoms with Crippen LogP contribution in [0.2, 0.25) is 0 Å². The molecule has 0 bridgehead atoms. The second kappa shape index (κ2) is 51.0. The van der Waals surface area contributed by atoms with Crippen LogP contribution in [0, 0.1) is 47.5 Å². The number of hydrogen-bond acceptors (Lipinski definition) is 37. The number of nitrogens with one attached hydrogen (secondary N) is 4. The molecule has 49 heteroatoms. The molecular formula is C96H110N20O25P4. The van der Waals surface area contributed by atoms with Gasteiger partial charge >= 0.3 is 30.4 Å². The monoisotopic (exact) mass is 2070 g/mol. The number of nitrogen functional groups attached to an aromatic ring is 4. The lowest BCUT2D eigenvalue weighted by molar-refractivity contribution is -0.122. The van der Waals surface area contributed by atoms with E-state index in [0.717, 1.165) is 68.5 Å². The first-order valence-corrected chi connectivity index (χ1v) is 52.2. The number of carbonyl (C=O) groups excluding carboxylic acids is 4. The largest absolute Gasteiger partial charge is 0.496 e. The Morgan fingerprint density at radius 2 is 0.607 bits per heavy atom. The minimum absolute atomic E-state index is 0.00549. The van der Waals surface area contributed by atoms with Gasteiger partial charge in [-0.3, -0.25) is 94.6 Å². The molecule has 0 amide bonds. The Morgan fingerprint density at radius 1 is 0.345 bits per heavy atom. The number of benzene rings is 7. The number of rotatable bonds is 49. The highest BCUT2D eigenvalue weighted by molar-refractivity contribution is 7.54. The molecule has 1 aliphatic rings. The number of carbonyl (C=O) groups is 4. The predicted octanol–water partition coefficient (Wildman–Crippen LogP) is 12.9. The number of aromatic amines is 4. The van der Waals surface area contributed by atoms with Crippen molar-refractivity contribution in [3.8, 4) is 5.75 Å². The van der Waals surface area contributed by atoms with Gasteiger partial charge in [-0.05, 0) is 88.3 Å². The number of aryl methyl sites for hydroxylation is 6. The molecule has 4 atom stereocenters. The number of H-pyrrole nitrogens is 4. The Balaban J connectivity index is 0.000000162. The minimum Gasteiger partial charge on any atom is -0.496 e. The molecule has 8 heterocycles. The van der Waals surface area contributed by atoms with Crippen LogP contribution >= 0.6 is 30.4 Å². The maximum atomic E-state index is 13.6. The molecule has 7 aromatic carbocycles. The topological polar surface area (TPSA) is 615 Å². The average molecular weight is 2070 g/mol.